The molecule has 2 rings (SSSR count). The van der Waals surface area contributed by atoms with Gasteiger partial charge in [-0.25, -0.2) is 0 Å². The van der Waals surface area contributed by atoms with Crippen LogP contribution in [0.25, 0.3) is 6.08 Å². The van der Waals surface area contributed by atoms with Crippen molar-refractivity contribution in [1.82, 2.24) is 0 Å². The van der Waals surface area contributed by atoms with Gasteiger partial charge in [-0.3, -0.25) is 4.79 Å². The number of hydrogen-bond acceptors (Lipinski definition) is 3. The molecule has 0 aliphatic rings. The number of halogens is 1. The minimum absolute atomic E-state index is 0.00176. The van der Waals surface area contributed by atoms with Crippen molar-refractivity contribution in [2.24, 2.45) is 0 Å². The molecule has 4 heteroatoms. The van der Waals surface area contributed by atoms with Gasteiger partial charge in [0, 0.05) is 0 Å². The Kier molecular flexibility index (Phi) is 3.36. The number of rotatable bonds is 3. The molecule has 2 heterocycles. The summed E-state index contributed by atoms with van der Waals surface area (Å²) in [5, 5.41) is 3.97. The molecule has 0 saturated heterocycles. The predicted molar refractivity (Wildman–Crippen MR) is 67.0 cm³/mol. The van der Waals surface area contributed by atoms with Crippen LogP contribution in [0, 0.1) is 0 Å². The van der Waals surface area contributed by atoms with Crippen LogP contribution >= 0.6 is 34.3 Å². The molecule has 0 atom stereocenters. The largest absolute Gasteiger partial charge is 0.288 e. The van der Waals surface area contributed by atoms with Crippen molar-refractivity contribution in [3.63, 3.8) is 0 Å². The number of carbonyl (C=O) groups excluding carboxylic acids is 1. The van der Waals surface area contributed by atoms with E-state index < -0.39 is 0 Å². The van der Waals surface area contributed by atoms with Gasteiger partial charge in [0.2, 0.25) is 0 Å². The molecule has 0 saturated carbocycles. The summed E-state index contributed by atoms with van der Waals surface area (Å²) in [4.78, 5) is 12.3. The minimum Gasteiger partial charge on any atom is -0.288 e. The Morgan fingerprint density at radius 3 is 2.80 bits per heavy atom. The highest BCUT2D eigenvalue weighted by Gasteiger charge is 2.04. The first-order valence-electron chi connectivity index (χ1n) is 4.25. The quantitative estimate of drug-likeness (QED) is 0.588. The average Bonchev–Trinajstić information content (AvgIpc) is 2.84. The molecule has 0 aromatic carbocycles. The normalized spacial score (nSPS) is 11.0. The summed E-state index contributed by atoms with van der Waals surface area (Å²) >= 11 is 8.66. The summed E-state index contributed by atoms with van der Waals surface area (Å²) < 4.78 is 0.641. The van der Waals surface area contributed by atoms with Crippen LogP contribution in [0.5, 0.6) is 0 Å². The zero-order chi connectivity index (χ0) is 10.7. The third kappa shape index (κ3) is 2.78. The SMILES string of the molecule is O=C(C=Cc1ccsc1)c1ccc(Cl)s1. The number of ketones is 1. The molecule has 0 radical (unpaired) electrons. The highest BCUT2D eigenvalue weighted by molar-refractivity contribution is 7.18. The highest BCUT2D eigenvalue weighted by atomic mass is 35.5. The maximum Gasteiger partial charge on any atom is 0.195 e. The maximum absolute atomic E-state index is 11.6. The van der Waals surface area contributed by atoms with Gasteiger partial charge in [-0.05, 0) is 40.6 Å². The summed E-state index contributed by atoms with van der Waals surface area (Å²) in [5.74, 6) is -0.00176. The van der Waals surface area contributed by atoms with E-state index in [1.54, 1.807) is 29.5 Å². The van der Waals surface area contributed by atoms with Gasteiger partial charge in [0.05, 0.1) is 9.21 Å². The third-order valence-corrected chi connectivity index (χ3v) is 3.73. The second kappa shape index (κ2) is 4.75. The molecule has 0 unspecified atom stereocenters. The monoisotopic (exact) mass is 254 g/mol. The number of hydrogen-bond donors (Lipinski definition) is 0. The highest BCUT2D eigenvalue weighted by Crippen LogP contribution is 2.22. The van der Waals surface area contributed by atoms with Gasteiger partial charge in [0.25, 0.3) is 0 Å². The fourth-order valence-electron chi connectivity index (χ4n) is 1.07. The van der Waals surface area contributed by atoms with Crippen molar-refractivity contribution in [2.45, 2.75) is 0 Å². The van der Waals surface area contributed by atoms with Crippen molar-refractivity contribution in [2.75, 3.05) is 0 Å². The Morgan fingerprint density at radius 2 is 2.20 bits per heavy atom. The third-order valence-electron chi connectivity index (χ3n) is 1.79. The van der Waals surface area contributed by atoms with Crippen LogP contribution in [0.2, 0.25) is 4.34 Å². The molecule has 1 nitrogen and oxygen atoms in total. The van der Waals surface area contributed by atoms with Crippen LogP contribution in [-0.2, 0) is 0 Å². The maximum atomic E-state index is 11.6. The molecule has 2 aromatic rings. The van der Waals surface area contributed by atoms with Gasteiger partial charge < -0.3 is 0 Å². The minimum atomic E-state index is -0.00176. The van der Waals surface area contributed by atoms with Gasteiger partial charge in [-0.2, -0.15) is 11.3 Å². The topological polar surface area (TPSA) is 17.1 Å². The lowest BCUT2D eigenvalue weighted by Crippen LogP contribution is -1.87. The van der Waals surface area contributed by atoms with Crippen LogP contribution in [0.3, 0.4) is 0 Å². The summed E-state index contributed by atoms with van der Waals surface area (Å²) in [5.41, 5.74) is 1.05. The van der Waals surface area contributed by atoms with Crippen LogP contribution in [0.4, 0.5) is 0 Å². The van der Waals surface area contributed by atoms with E-state index in [2.05, 4.69) is 0 Å². The van der Waals surface area contributed by atoms with E-state index in [9.17, 15) is 4.79 Å². The van der Waals surface area contributed by atoms with Crippen LogP contribution in [-0.4, -0.2) is 5.78 Å². The Hall–Kier alpha value is -0.900. The molecule has 0 aliphatic carbocycles. The van der Waals surface area contributed by atoms with E-state index in [4.69, 9.17) is 11.6 Å². The average molecular weight is 255 g/mol. The zero-order valence-electron chi connectivity index (χ0n) is 7.64. The van der Waals surface area contributed by atoms with E-state index >= 15 is 0 Å². The van der Waals surface area contributed by atoms with E-state index in [1.165, 1.54) is 11.3 Å². The zero-order valence-corrected chi connectivity index (χ0v) is 10.0. The first-order chi connectivity index (χ1) is 7.25. The summed E-state index contributed by atoms with van der Waals surface area (Å²) in [7, 11) is 0. The van der Waals surface area contributed by atoms with Crippen LogP contribution < -0.4 is 0 Å². The first kappa shape index (κ1) is 10.6. The van der Waals surface area contributed by atoms with E-state index in [0.717, 1.165) is 5.56 Å². The molecular weight excluding hydrogens is 248 g/mol. The molecule has 0 aliphatic heterocycles. The Labute approximate surface area is 101 Å². The summed E-state index contributed by atoms with van der Waals surface area (Å²) in [6.07, 6.45) is 3.39. The second-order valence-corrected chi connectivity index (χ2v) is 5.35. The van der Waals surface area contributed by atoms with Gasteiger partial charge in [-0.15, -0.1) is 11.3 Å². The fraction of sp³-hybridized carbons (Fsp3) is 0. The smallest absolute Gasteiger partial charge is 0.195 e. The predicted octanol–water partition coefficient (Wildman–Crippen LogP) is 4.36. The molecule has 2 aromatic heterocycles. The lowest BCUT2D eigenvalue weighted by molar-refractivity contribution is 0.105. The molecule has 15 heavy (non-hydrogen) atoms. The standard InChI is InChI=1S/C11H7ClOS2/c12-11-4-3-10(15-11)9(13)2-1-8-5-6-14-7-8/h1-7H. The number of thiophene rings is 2. The molecule has 76 valence electrons. The van der Waals surface area contributed by atoms with Gasteiger partial charge in [0.15, 0.2) is 5.78 Å². The van der Waals surface area contributed by atoms with Gasteiger partial charge in [-0.1, -0.05) is 17.7 Å². The lowest BCUT2D eigenvalue weighted by Gasteiger charge is -1.87. The van der Waals surface area contributed by atoms with E-state index in [0.29, 0.717) is 9.21 Å². The summed E-state index contributed by atoms with van der Waals surface area (Å²) in [6, 6.07) is 5.45. The molecule has 0 amide bonds. The Morgan fingerprint density at radius 1 is 1.33 bits per heavy atom. The Balaban J connectivity index is 2.10. The summed E-state index contributed by atoms with van der Waals surface area (Å²) in [6.45, 7) is 0. The van der Waals surface area contributed by atoms with Crippen molar-refractivity contribution in [1.29, 1.82) is 0 Å². The van der Waals surface area contributed by atoms with Crippen molar-refractivity contribution in [3.05, 3.63) is 49.8 Å². The van der Waals surface area contributed by atoms with Crippen LogP contribution in [0.1, 0.15) is 15.2 Å². The Bertz CT molecular complexity index is 482. The molecule has 0 fully saturated rings. The molecule has 0 bridgehead atoms. The molecule has 0 N–H and O–H groups in total. The number of carbonyl (C=O) groups is 1. The van der Waals surface area contributed by atoms with Crippen molar-refractivity contribution < 1.29 is 4.79 Å². The van der Waals surface area contributed by atoms with E-state index in [-0.39, 0.29) is 5.78 Å². The molecular formula is C11H7ClOS2. The van der Waals surface area contributed by atoms with Crippen molar-refractivity contribution in [3.8, 4) is 0 Å². The fourth-order valence-corrected chi connectivity index (χ4v) is 2.66. The molecule has 0 spiro atoms. The lowest BCUT2D eigenvalue weighted by atomic mass is 10.2. The van der Waals surface area contributed by atoms with Crippen molar-refractivity contribution >= 4 is 46.1 Å². The first-order valence-corrected chi connectivity index (χ1v) is 6.39. The van der Waals surface area contributed by atoms with Crippen LogP contribution in [0.15, 0.2) is 35.0 Å². The van der Waals surface area contributed by atoms with E-state index in [1.807, 2.05) is 22.9 Å². The van der Waals surface area contributed by atoms with Gasteiger partial charge >= 0.3 is 0 Å². The van der Waals surface area contributed by atoms with Gasteiger partial charge in [0.1, 0.15) is 0 Å². The second-order valence-electron chi connectivity index (χ2n) is 2.86. The number of allylic oxidation sites excluding steroid dienone is 1.